The monoisotopic (exact) mass is 299 g/mol. The molecule has 3 nitrogen and oxygen atoms in total. The summed E-state index contributed by atoms with van der Waals surface area (Å²) in [6.07, 6.45) is 0. The first kappa shape index (κ1) is 15.4. The van der Waals surface area contributed by atoms with Crippen LogP contribution in [-0.2, 0) is 0 Å². The summed E-state index contributed by atoms with van der Waals surface area (Å²) in [6, 6.07) is 10.5. The highest BCUT2D eigenvalue weighted by molar-refractivity contribution is 7.80. The second kappa shape index (κ2) is 6.22. The molecule has 0 aliphatic heterocycles. The molecule has 2 aromatic rings. The first-order chi connectivity index (χ1) is 9.93. The third-order valence-electron chi connectivity index (χ3n) is 3.47. The van der Waals surface area contributed by atoms with E-state index in [1.54, 1.807) is 0 Å². The molecule has 0 spiro atoms. The SMILES string of the molecule is CCN(c1cccc(C)c1)c1cc(C)nc(C)c1C(N)=S. The Bertz CT molecular complexity index is 680. The van der Waals surface area contributed by atoms with Crippen LogP contribution in [0.15, 0.2) is 30.3 Å². The average molecular weight is 299 g/mol. The van der Waals surface area contributed by atoms with E-state index in [0.717, 1.165) is 34.9 Å². The van der Waals surface area contributed by atoms with E-state index >= 15 is 0 Å². The van der Waals surface area contributed by atoms with Crippen LogP contribution in [0, 0.1) is 20.8 Å². The van der Waals surface area contributed by atoms with Gasteiger partial charge < -0.3 is 10.6 Å². The van der Waals surface area contributed by atoms with E-state index in [0.29, 0.717) is 4.99 Å². The van der Waals surface area contributed by atoms with Gasteiger partial charge in [-0.15, -0.1) is 0 Å². The smallest absolute Gasteiger partial charge is 0.107 e. The normalized spacial score (nSPS) is 10.5. The molecule has 2 N–H and O–H groups in total. The van der Waals surface area contributed by atoms with Crippen LogP contribution < -0.4 is 10.6 Å². The number of hydrogen-bond acceptors (Lipinski definition) is 3. The minimum absolute atomic E-state index is 0.390. The van der Waals surface area contributed by atoms with Crippen LogP contribution in [0.2, 0.25) is 0 Å². The lowest BCUT2D eigenvalue weighted by Gasteiger charge is -2.27. The van der Waals surface area contributed by atoms with Gasteiger partial charge in [0.05, 0.1) is 11.3 Å². The van der Waals surface area contributed by atoms with Crippen molar-refractivity contribution >= 4 is 28.6 Å². The molecule has 0 saturated heterocycles. The van der Waals surface area contributed by atoms with Crippen LogP contribution in [0.3, 0.4) is 0 Å². The molecule has 0 aliphatic rings. The van der Waals surface area contributed by atoms with E-state index < -0.39 is 0 Å². The van der Waals surface area contributed by atoms with Crippen molar-refractivity contribution in [3.63, 3.8) is 0 Å². The zero-order valence-corrected chi connectivity index (χ0v) is 13.8. The van der Waals surface area contributed by atoms with Crippen molar-refractivity contribution in [1.82, 2.24) is 4.98 Å². The van der Waals surface area contributed by atoms with E-state index in [1.807, 2.05) is 19.9 Å². The average Bonchev–Trinajstić information content (AvgIpc) is 2.38. The molecular weight excluding hydrogens is 278 g/mol. The Kier molecular flexibility index (Phi) is 4.58. The fourth-order valence-corrected chi connectivity index (χ4v) is 2.87. The largest absolute Gasteiger partial charge is 0.389 e. The molecular formula is C17H21N3S. The van der Waals surface area contributed by atoms with Gasteiger partial charge >= 0.3 is 0 Å². The van der Waals surface area contributed by atoms with Crippen LogP contribution >= 0.6 is 12.2 Å². The molecule has 0 amide bonds. The van der Waals surface area contributed by atoms with Crippen LogP contribution in [0.1, 0.15) is 29.4 Å². The number of pyridine rings is 1. The Hall–Kier alpha value is -1.94. The van der Waals surface area contributed by atoms with E-state index in [2.05, 4.69) is 48.0 Å². The molecule has 0 radical (unpaired) electrons. The summed E-state index contributed by atoms with van der Waals surface area (Å²) in [5, 5.41) is 0. The maximum Gasteiger partial charge on any atom is 0.107 e. The van der Waals surface area contributed by atoms with Crippen LogP contribution in [0.4, 0.5) is 11.4 Å². The molecule has 4 heteroatoms. The number of aromatic nitrogens is 1. The maximum absolute atomic E-state index is 5.93. The number of rotatable bonds is 4. The minimum Gasteiger partial charge on any atom is -0.389 e. The van der Waals surface area contributed by atoms with E-state index in [1.165, 1.54) is 5.56 Å². The summed E-state index contributed by atoms with van der Waals surface area (Å²) in [6.45, 7) is 8.99. The summed E-state index contributed by atoms with van der Waals surface area (Å²) in [7, 11) is 0. The van der Waals surface area contributed by atoms with Crippen LogP contribution in [-0.4, -0.2) is 16.5 Å². The summed E-state index contributed by atoms with van der Waals surface area (Å²) >= 11 is 5.23. The third kappa shape index (κ3) is 3.22. The van der Waals surface area contributed by atoms with Gasteiger partial charge in [0.15, 0.2) is 0 Å². The van der Waals surface area contributed by atoms with Gasteiger partial charge in [-0.3, -0.25) is 4.98 Å². The van der Waals surface area contributed by atoms with Crippen molar-refractivity contribution in [2.24, 2.45) is 5.73 Å². The predicted molar refractivity (Wildman–Crippen MR) is 93.5 cm³/mol. The molecule has 1 aromatic carbocycles. The van der Waals surface area contributed by atoms with Crippen molar-refractivity contribution in [2.75, 3.05) is 11.4 Å². The Morgan fingerprint density at radius 2 is 1.95 bits per heavy atom. The van der Waals surface area contributed by atoms with Gasteiger partial charge in [-0.1, -0.05) is 24.4 Å². The number of thiocarbonyl (C=S) groups is 1. The summed E-state index contributed by atoms with van der Waals surface area (Å²) in [5.41, 5.74) is 12.0. The standard InChI is InChI=1S/C17H21N3S/c1-5-20(14-8-6-7-11(2)9-14)15-10-12(3)19-13(4)16(15)17(18)21/h6-10H,5H2,1-4H3,(H2,18,21). The van der Waals surface area contributed by atoms with E-state index in [9.17, 15) is 0 Å². The van der Waals surface area contributed by atoms with Gasteiger partial charge in [-0.2, -0.15) is 0 Å². The van der Waals surface area contributed by atoms with Crippen molar-refractivity contribution < 1.29 is 0 Å². The second-order valence-corrected chi connectivity index (χ2v) is 5.63. The molecule has 0 fully saturated rings. The molecule has 110 valence electrons. The van der Waals surface area contributed by atoms with Crippen molar-refractivity contribution in [1.29, 1.82) is 0 Å². The lowest BCUT2D eigenvalue weighted by atomic mass is 10.1. The molecule has 1 heterocycles. The van der Waals surface area contributed by atoms with Crippen molar-refractivity contribution in [3.05, 3.63) is 52.8 Å². The van der Waals surface area contributed by atoms with Gasteiger partial charge in [0.2, 0.25) is 0 Å². The van der Waals surface area contributed by atoms with Gasteiger partial charge in [0.25, 0.3) is 0 Å². The van der Waals surface area contributed by atoms with E-state index in [-0.39, 0.29) is 0 Å². The van der Waals surface area contributed by atoms with Crippen molar-refractivity contribution in [3.8, 4) is 0 Å². The van der Waals surface area contributed by atoms with Gasteiger partial charge in [0, 0.05) is 23.6 Å². The Morgan fingerprint density at radius 3 is 2.52 bits per heavy atom. The highest BCUT2D eigenvalue weighted by Crippen LogP contribution is 2.30. The van der Waals surface area contributed by atoms with Crippen LogP contribution in [0.5, 0.6) is 0 Å². The Balaban J connectivity index is 2.65. The number of hydrogen-bond donors (Lipinski definition) is 1. The molecule has 0 bridgehead atoms. The number of aryl methyl sites for hydroxylation is 3. The molecule has 1 aromatic heterocycles. The Morgan fingerprint density at radius 1 is 1.24 bits per heavy atom. The van der Waals surface area contributed by atoms with Crippen molar-refractivity contribution in [2.45, 2.75) is 27.7 Å². The zero-order valence-electron chi connectivity index (χ0n) is 13.0. The molecule has 0 aliphatic carbocycles. The van der Waals surface area contributed by atoms with Gasteiger partial charge in [-0.25, -0.2) is 0 Å². The molecule has 2 rings (SSSR count). The minimum atomic E-state index is 0.390. The fourth-order valence-electron chi connectivity index (χ4n) is 2.61. The summed E-state index contributed by atoms with van der Waals surface area (Å²) in [5.74, 6) is 0. The first-order valence-corrected chi connectivity index (χ1v) is 7.47. The molecule has 21 heavy (non-hydrogen) atoms. The van der Waals surface area contributed by atoms with E-state index in [4.69, 9.17) is 18.0 Å². The molecule has 0 unspecified atom stereocenters. The number of nitrogens with zero attached hydrogens (tertiary/aromatic N) is 2. The van der Waals surface area contributed by atoms with Gasteiger partial charge in [-0.05, 0) is 51.5 Å². The predicted octanol–water partition coefficient (Wildman–Crippen LogP) is 3.80. The lowest BCUT2D eigenvalue weighted by Crippen LogP contribution is -2.23. The summed E-state index contributed by atoms with van der Waals surface area (Å²) < 4.78 is 0. The van der Waals surface area contributed by atoms with Gasteiger partial charge in [0.1, 0.15) is 4.99 Å². The lowest BCUT2D eigenvalue weighted by molar-refractivity contribution is 0.999. The zero-order chi connectivity index (χ0) is 15.6. The van der Waals surface area contributed by atoms with Crippen LogP contribution in [0.25, 0.3) is 0 Å². The number of anilines is 2. The quantitative estimate of drug-likeness (QED) is 0.872. The number of nitrogens with two attached hydrogens (primary N) is 1. The highest BCUT2D eigenvalue weighted by atomic mass is 32.1. The second-order valence-electron chi connectivity index (χ2n) is 5.19. The summed E-state index contributed by atoms with van der Waals surface area (Å²) in [4.78, 5) is 7.10. The fraction of sp³-hybridized carbons (Fsp3) is 0.294. The molecule has 0 atom stereocenters. The molecule has 0 saturated carbocycles. The maximum atomic E-state index is 5.93. The number of benzene rings is 1. The third-order valence-corrected chi connectivity index (χ3v) is 3.68. The topological polar surface area (TPSA) is 42.2 Å². The first-order valence-electron chi connectivity index (χ1n) is 7.06. The Labute approximate surface area is 131 Å². The highest BCUT2D eigenvalue weighted by Gasteiger charge is 2.17.